The Kier molecular flexibility index (Phi) is 4.21. The van der Waals surface area contributed by atoms with Gasteiger partial charge < -0.3 is 19.7 Å². The van der Waals surface area contributed by atoms with Gasteiger partial charge in [0.2, 0.25) is 0 Å². The highest BCUT2D eigenvalue weighted by molar-refractivity contribution is 5.90. The summed E-state index contributed by atoms with van der Waals surface area (Å²) >= 11 is 0. The van der Waals surface area contributed by atoms with Crippen molar-refractivity contribution in [1.82, 2.24) is 19.9 Å². The first kappa shape index (κ1) is 18.6. The normalized spacial score (nSPS) is 13.7. The predicted molar refractivity (Wildman–Crippen MR) is 124 cm³/mol. The summed E-state index contributed by atoms with van der Waals surface area (Å²) in [5.41, 5.74) is 6.13. The lowest BCUT2D eigenvalue weighted by atomic mass is 10.0. The van der Waals surface area contributed by atoms with E-state index in [2.05, 4.69) is 49.1 Å². The number of aromatic nitrogens is 4. The first-order valence-corrected chi connectivity index (χ1v) is 10.6. The molecule has 7 nitrogen and oxygen atoms in total. The van der Waals surface area contributed by atoms with Crippen LogP contribution in [0.3, 0.4) is 0 Å². The van der Waals surface area contributed by atoms with Crippen LogP contribution in [0.4, 0.5) is 5.82 Å². The highest BCUT2D eigenvalue weighted by Crippen LogP contribution is 2.33. The number of anilines is 1. The summed E-state index contributed by atoms with van der Waals surface area (Å²) in [6, 6.07) is 17.8. The van der Waals surface area contributed by atoms with Crippen LogP contribution in [0.5, 0.6) is 11.5 Å². The minimum absolute atomic E-state index is 0.201. The molecular formula is C25H21N5O2. The van der Waals surface area contributed by atoms with E-state index >= 15 is 0 Å². The quantitative estimate of drug-likeness (QED) is 0.432. The predicted octanol–water partition coefficient (Wildman–Crippen LogP) is 4.59. The molecule has 32 heavy (non-hydrogen) atoms. The molecule has 2 N–H and O–H groups in total. The number of aromatic hydroxyl groups is 1. The second-order valence-corrected chi connectivity index (χ2v) is 8.05. The van der Waals surface area contributed by atoms with Crippen LogP contribution in [-0.2, 0) is 6.54 Å². The van der Waals surface area contributed by atoms with Crippen LogP contribution in [0.2, 0.25) is 0 Å². The van der Waals surface area contributed by atoms with Crippen molar-refractivity contribution in [2.45, 2.75) is 13.5 Å². The number of aromatic amines is 1. The zero-order valence-corrected chi connectivity index (χ0v) is 17.5. The standard InChI is InChI=1S/C25H21N5O2/c1-15-28-22-5-2-17(11-23(22)29-15)16-3-7-24-18(10-16)13-30(8-9-32-24)25-20-12-19(31)4-6-21(20)26-14-27-25/h2-7,10-12,14,31H,8-9,13H2,1H3,(H,28,29). The van der Waals surface area contributed by atoms with Crippen molar-refractivity contribution >= 4 is 27.8 Å². The highest BCUT2D eigenvalue weighted by Gasteiger charge is 2.20. The molecule has 2 aromatic heterocycles. The van der Waals surface area contributed by atoms with Crippen LogP contribution >= 0.6 is 0 Å². The Morgan fingerprint density at radius 2 is 1.81 bits per heavy atom. The van der Waals surface area contributed by atoms with Crippen molar-refractivity contribution in [2.24, 2.45) is 0 Å². The Morgan fingerprint density at radius 3 is 2.75 bits per heavy atom. The van der Waals surface area contributed by atoms with Crippen molar-refractivity contribution in [2.75, 3.05) is 18.1 Å². The van der Waals surface area contributed by atoms with E-state index in [1.807, 2.05) is 25.1 Å². The van der Waals surface area contributed by atoms with Crippen LogP contribution in [0.25, 0.3) is 33.1 Å². The number of imidazole rings is 1. The van der Waals surface area contributed by atoms with Crippen molar-refractivity contribution < 1.29 is 9.84 Å². The maximum atomic E-state index is 10.00. The molecule has 7 heteroatoms. The highest BCUT2D eigenvalue weighted by atomic mass is 16.5. The van der Waals surface area contributed by atoms with E-state index in [0.717, 1.165) is 56.0 Å². The summed E-state index contributed by atoms with van der Waals surface area (Å²) in [4.78, 5) is 18.9. The summed E-state index contributed by atoms with van der Waals surface area (Å²) in [5.74, 6) is 2.79. The zero-order chi connectivity index (χ0) is 21.7. The SMILES string of the molecule is Cc1nc2ccc(-c3ccc4c(c3)CN(c3ncnc5ccc(O)cc35)CCO4)cc2[nH]1. The fourth-order valence-electron chi connectivity index (χ4n) is 4.35. The number of aryl methyl sites for hydroxylation is 1. The monoisotopic (exact) mass is 423 g/mol. The Hall–Kier alpha value is -4.13. The molecule has 0 saturated heterocycles. The first-order valence-electron chi connectivity index (χ1n) is 10.6. The minimum Gasteiger partial charge on any atom is -0.508 e. The summed E-state index contributed by atoms with van der Waals surface area (Å²) in [5, 5.41) is 10.8. The van der Waals surface area contributed by atoms with Gasteiger partial charge in [-0.05, 0) is 60.5 Å². The number of H-pyrrole nitrogens is 1. The van der Waals surface area contributed by atoms with Gasteiger partial charge in [0, 0.05) is 17.5 Å². The number of nitrogens with zero attached hydrogens (tertiary/aromatic N) is 4. The van der Waals surface area contributed by atoms with Gasteiger partial charge >= 0.3 is 0 Å². The lowest BCUT2D eigenvalue weighted by molar-refractivity contribution is 0.331. The summed E-state index contributed by atoms with van der Waals surface area (Å²) in [6.45, 7) is 3.85. The Labute approximate surface area is 184 Å². The van der Waals surface area contributed by atoms with Gasteiger partial charge in [0.05, 0.1) is 23.1 Å². The number of rotatable bonds is 2. The molecule has 5 aromatic rings. The number of fused-ring (bicyclic) bond motifs is 3. The third-order valence-corrected chi connectivity index (χ3v) is 5.87. The molecule has 0 radical (unpaired) electrons. The van der Waals surface area contributed by atoms with Gasteiger partial charge in [-0.1, -0.05) is 12.1 Å². The molecule has 0 bridgehead atoms. The van der Waals surface area contributed by atoms with Gasteiger partial charge in [-0.25, -0.2) is 15.0 Å². The van der Waals surface area contributed by atoms with Crippen LogP contribution in [0.15, 0.2) is 60.9 Å². The smallest absolute Gasteiger partial charge is 0.140 e. The fourth-order valence-corrected chi connectivity index (χ4v) is 4.35. The molecular weight excluding hydrogens is 402 g/mol. The first-order chi connectivity index (χ1) is 15.6. The zero-order valence-electron chi connectivity index (χ0n) is 17.5. The summed E-state index contributed by atoms with van der Waals surface area (Å²) in [6.07, 6.45) is 1.57. The third-order valence-electron chi connectivity index (χ3n) is 5.87. The molecule has 0 atom stereocenters. The second kappa shape index (κ2) is 7.23. The molecule has 6 rings (SSSR count). The van der Waals surface area contributed by atoms with Crippen LogP contribution in [0, 0.1) is 6.92 Å². The fraction of sp³-hybridized carbons (Fsp3) is 0.160. The van der Waals surface area contributed by atoms with E-state index in [9.17, 15) is 5.11 Å². The Morgan fingerprint density at radius 1 is 0.969 bits per heavy atom. The van der Waals surface area contributed by atoms with Crippen molar-refractivity contribution in [3.63, 3.8) is 0 Å². The Bertz CT molecular complexity index is 1480. The molecule has 0 unspecified atom stereocenters. The number of phenols is 1. The molecule has 0 fully saturated rings. The van der Waals surface area contributed by atoms with Crippen molar-refractivity contribution in [1.29, 1.82) is 0 Å². The lowest BCUT2D eigenvalue weighted by Gasteiger charge is -2.22. The van der Waals surface area contributed by atoms with Gasteiger partial charge in [-0.2, -0.15) is 0 Å². The summed E-state index contributed by atoms with van der Waals surface area (Å²) in [7, 11) is 0. The largest absolute Gasteiger partial charge is 0.508 e. The van der Waals surface area contributed by atoms with Gasteiger partial charge in [-0.3, -0.25) is 0 Å². The van der Waals surface area contributed by atoms with Crippen LogP contribution in [-0.4, -0.2) is 38.2 Å². The molecule has 1 aliphatic heterocycles. The lowest BCUT2D eigenvalue weighted by Crippen LogP contribution is -2.26. The number of nitrogens with one attached hydrogen (secondary N) is 1. The molecule has 0 spiro atoms. The van der Waals surface area contributed by atoms with E-state index in [4.69, 9.17) is 4.74 Å². The molecule has 1 aliphatic rings. The average molecular weight is 423 g/mol. The van der Waals surface area contributed by atoms with Gasteiger partial charge in [0.1, 0.15) is 36.1 Å². The minimum atomic E-state index is 0.201. The summed E-state index contributed by atoms with van der Waals surface area (Å²) < 4.78 is 6.05. The van der Waals surface area contributed by atoms with Crippen molar-refractivity contribution in [3.05, 3.63) is 72.3 Å². The van der Waals surface area contributed by atoms with E-state index < -0.39 is 0 Å². The van der Waals surface area contributed by atoms with Gasteiger partial charge in [0.15, 0.2) is 0 Å². The second-order valence-electron chi connectivity index (χ2n) is 8.05. The van der Waals surface area contributed by atoms with E-state index in [1.54, 1.807) is 18.5 Å². The number of hydrogen-bond acceptors (Lipinski definition) is 6. The van der Waals surface area contributed by atoms with Gasteiger partial charge in [-0.15, -0.1) is 0 Å². The number of ether oxygens (including phenoxy) is 1. The number of benzene rings is 3. The number of hydrogen-bond donors (Lipinski definition) is 2. The van der Waals surface area contributed by atoms with E-state index in [-0.39, 0.29) is 5.75 Å². The van der Waals surface area contributed by atoms with Gasteiger partial charge in [0.25, 0.3) is 0 Å². The molecule has 0 amide bonds. The van der Waals surface area contributed by atoms with Crippen molar-refractivity contribution in [3.8, 4) is 22.6 Å². The van der Waals surface area contributed by atoms with E-state index in [1.165, 1.54) is 0 Å². The third kappa shape index (κ3) is 3.19. The molecule has 3 heterocycles. The molecule has 158 valence electrons. The maximum Gasteiger partial charge on any atom is 0.140 e. The Balaban J connectivity index is 1.40. The average Bonchev–Trinajstić information content (AvgIpc) is 3.04. The maximum absolute atomic E-state index is 10.00. The van der Waals surface area contributed by atoms with Crippen LogP contribution in [0.1, 0.15) is 11.4 Å². The van der Waals surface area contributed by atoms with E-state index in [0.29, 0.717) is 19.7 Å². The van der Waals surface area contributed by atoms with Crippen LogP contribution < -0.4 is 9.64 Å². The molecule has 0 aliphatic carbocycles. The topological polar surface area (TPSA) is 87.2 Å². The number of phenolic OH excluding ortho intramolecular Hbond substituents is 1. The molecule has 3 aromatic carbocycles. The molecule has 0 saturated carbocycles.